The molecule has 0 aromatic heterocycles. The topological polar surface area (TPSA) is 9.23 Å². The van der Waals surface area contributed by atoms with Gasteiger partial charge in [-0.2, -0.15) is 0 Å². The number of ether oxygens (including phenoxy) is 1. The van der Waals surface area contributed by atoms with E-state index in [1.54, 1.807) is 12.1 Å². The highest BCUT2D eigenvalue weighted by molar-refractivity contribution is 6.56. The summed E-state index contributed by atoms with van der Waals surface area (Å²) in [5.41, 5.74) is -0.796. The number of halogens is 3. The third kappa shape index (κ3) is 3.10. The molecule has 0 fully saturated rings. The zero-order chi connectivity index (χ0) is 8.97. The summed E-state index contributed by atoms with van der Waals surface area (Å²) < 4.78 is 5.14. The minimum absolute atomic E-state index is 0.000481. The van der Waals surface area contributed by atoms with Crippen LogP contribution >= 0.6 is 34.8 Å². The molecule has 12 heavy (non-hydrogen) atoms. The van der Waals surface area contributed by atoms with Gasteiger partial charge in [0.1, 0.15) is 5.75 Å². The van der Waals surface area contributed by atoms with Gasteiger partial charge in [-0.3, -0.25) is 0 Å². The summed E-state index contributed by atoms with van der Waals surface area (Å²) in [5.74, 6) is 0.635. The first-order valence-corrected chi connectivity index (χ1v) is 4.43. The van der Waals surface area contributed by atoms with Crippen LogP contribution in [0.25, 0.3) is 0 Å². The maximum absolute atomic E-state index is 5.63. The molecule has 0 bridgehead atoms. The summed E-state index contributed by atoms with van der Waals surface area (Å²) >= 11 is 16.4. The Morgan fingerprint density at radius 3 is 2.25 bits per heavy atom. The van der Waals surface area contributed by atoms with Crippen molar-refractivity contribution < 1.29 is 4.74 Å². The molecule has 0 aliphatic carbocycles. The minimum atomic E-state index is -0.796. The van der Waals surface area contributed by atoms with E-state index >= 15 is 0 Å². The molecule has 65 valence electrons. The van der Waals surface area contributed by atoms with Gasteiger partial charge in [-0.25, -0.2) is 0 Å². The summed E-state index contributed by atoms with van der Waals surface area (Å²) in [6.45, 7) is 0. The molecule has 0 spiro atoms. The maximum Gasteiger partial charge on any atom is 0.208 e. The largest absolute Gasteiger partial charge is 0.471 e. The normalized spacial score (nSPS) is 13.0. The van der Waals surface area contributed by atoms with Crippen molar-refractivity contribution in [1.82, 2.24) is 0 Å². The molecule has 1 rings (SSSR count). The van der Waals surface area contributed by atoms with Crippen LogP contribution in [0.1, 0.15) is 0 Å². The molecule has 1 aromatic carbocycles. The van der Waals surface area contributed by atoms with E-state index in [4.69, 9.17) is 39.5 Å². The average molecular weight is 224 g/mol. The van der Waals surface area contributed by atoms with Crippen molar-refractivity contribution in [2.75, 3.05) is 0 Å². The molecule has 1 atom stereocenters. The third-order valence-corrected chi connectivity index (χ3v) is 2.08. The number of hydrogen-bond donors (Lipinski definition) is 0. The van der Waals surface area contributed by atoms with Crippen molar-refractivity contribution in [3.8, 4) is 5.75 Å². The van der Waals surface area contributed by atoms with Crippen LogP contribution in [0, 0.1) is 4.84 Å². The van der Waals surface area contributed by atoms with E-state index in [2.05, 4.69) is 0 Å². The molecule has 1 aromatic rings. The van der Waals surface area contributed by atoms with Gasteiger partial charge in [0, 0.05) is 0 Å². The fraction of sp³-hybridized carbons (Fsp3) is 0.125. The Morgan fingerprint density at radius 2 is 1.75 bits per heavy atom. The van der Waals surface area contributed by atoms with Gasteiger partial charge in [0.15, 0.2) is 0 Å². The second kappa shape index (κ2) is 4.80. The highest BCUT2D eigenvalue weighted by atomic mass is 35.5. The molecule has 1 radical (unpaired) electrons. The second-order valence-corrected chi connectivity index (χ2v) is 3.44. The molecule has 0 amide bonds. The van der Waals surface area contributed by atoms with Crippen LogP contribution in [0.4, 0.5) is 0 Å². The van der Waals surface area contributed by atoms with Crippen molar-refractivity contribution in [1.29, 1.82) is 0 Å². The Kier molecular flexibility index (Phi) is 3.99. The van der Waals surface area contributed by atoms with Gasteiger partial charge >= 0.3 is 0 Å². The Balaban J connectivity index is 2.53. The van der Waals surface area contributed by atoms with Crippen LogP contribution in [0.5, 0.6) is 5.75 Å². The van der Waals surface area contributed by atoms with Crippen LogP contribution in [0.3, 0.4) is 0 Å². The molecular weight excluding hydrogens is 218 g/mol. The molecular formula is C8H6Cl3O. The van der Waals surface area contributed by atoms with Gasteiger partial charge in [0.25, 0.3) is 0 Å². The van der Waals surface area contributed by atoms with E-state index in [9.17, 15) is 0 Å². The van der Waals surface area contributed by atoms with Crippen LogP contribution in [0.2, 0.25) is 0 Å². The molecule has 0 aliphatic heterocycles. The van der Waals surface area contributed by atoms with Crippen LogP contribution < -0.4 is 4.74 Å². The SMILES string of the molecule is Cl[C](Cl)C(Cl)Oc1ccccc1. The van der Waals surface area contributed by atoms with Gasteiger partial charge in [-0.15, -0.1) is 0 Å². The van der Waals surface area contributed by atoms with E-state index < -0.39 is 5.56 Å². The van der Waals surface area contributed by atoms with Gasteiger partial charge < -0.3 is 4.74 Å². The first-order valence-electron chi connectivity index (χ1n) is 3.24. The number of hydrogen-bond acceptors (Lipinski definition) is 1. The van der Waals surface area contributed by atoms with Crippen molar-refractivity contribution >= 4 is 34.8 Å². The first-order chi connectivity index (χ1) is 5.70. The molecule has 0 heterocycles. The average Bonchev–Trinajstić information content (AvgIpc) is 2.06. The number of rotatable bonds is 3. The van der Waals surface area contributed by atoms with E-state index in [0.29, 0.717) is 5.75 Å². The van der Waals surface area contributed by atoms with E-state index in [1.165, 1.54) is 0 Å². The van der Waals surface area contributed by atoms with Crippen molar-refractivity contribution in [2.24, 2.45) is 0 Å². The molecule has 1 nitrogen and oxygen atoms in total. The highest BCUT2D eigenvalue weighted by Crippen LogP contribution is 2.25. The van der Waals surface area contributed by atoms with E-state index in [-0.39, 0.29) is 4.84 Å². The lowest BCUT2D eigenvalue weighted by atomic mass is 10.3. The van der Waals surface area contributed by atoms with Gasteiger partial charge in [-0.05, 0) is 12.1 Å². The zero-order valence-electron chi connectivity index (χ0n) is 6.01. The number of benzene rings is 1. The first kappa shape index (κ1) is 9.97. The molecule has 0 aliphatic rings. The van der Waals surface area contributed by atoms with Gasteiger partial charge in [0.05, 0.1) is 0 Å². The highest BCUT2D eigenvalue weighted by Gasteiger charge is 2.16. The fourth-order valence-corrected chi connectivity index (χ4v) is 0.855. The molecule has 0 saturated carbocycles. The Hall–Kier alpha value is -0.110. The lowest BCUT2D eigenvalue weighted by Gasteiger charge is -2.11. The van der Waals surface area contributed by atoms with Crippen molar-refractivity contribution in [2.45, 2.75) is 5.56 Å². The van der Waals surface area contributed by atoms with Crippen LogP contribution in [-0.2, 0) is 0 Å². The van der Waals surface area contributed by atoms with E-state index in [0.717, 1.165) is 0 Å². The van der Waals surface area contributed by atoms with E-state index in [1.807, 2.05) is 18.2 Å². The molecule has 4 heteroatoms. The van der Waals surface area contributed by atoms with Gasteiger partial charge in [0.2, 0.25) is 10.4 Å². The summed E-state index contributed by atoms with van der Waals surface area (Å²) in [4.78, 5) is 0.000481. The van der Waals surface area contributed by atoms with Gasteiger partial charge in [-0.1, -0.05) is 53.0 Å². The molecule has 0 saturated heterocycles. The minimum Gasteiger partial charge on any atom is -0.471 e. The fourth-order valence-electron chi connectivity index (χ4n) is 0.663. The number of alkyl halides is 1. The lowest BCUT2D eigenvalue weighted by Crippen LogP contribution is -2.10. The quantitative estimate of drug-likeness (QED) is 0.713. The Bertz CT molecular complexity index is 225. The summed E-state index contributed by atoms with van der Waals surface area (Å²) in [6.07, 6.45) is 0. The monoisotopic (exact) mass is 223 g/mol. The predicted octanol–water partition coefficient (Wildman–Crippen LogP) is 3.60. The smallest absolute Gasteiger partial charge is 0.208 e. The summed E-state index contributed by atoms with van der Waals surface area (Å²) in [7, 11) is 0. The van der Waals surface area contributed by atoms with Crippen molar-refractivity contribution in [3.05, 3.63) is 35.2 Å². The maximum atomic E-state index is 5.63. The summed E-state index contributed by atoms with van der Waals surface area (Å²) in [6, 6.07) is 9.09. The zero-order valence-corrected chi connectivity index (χ0v) is 8.27. The summed E-state index contributed by atoms with van der Waals surface area (Å²) in [5, 5.41) is 0. The molecule has 0 N–H and O–H groups in total. The Labute approximate surface area is 86.2 Å². The lowest BCUT2D eigenvalue weighted by molar-refractivity contribution is 0.315. The third-order valence-electron chi connectivity index (χ3n) is 1.15. The standard InChI is InChI=1S/C8H6Cl3O/c9-7(10)8(11)12-6-4-2-1-3-5-6/h1-5,8H. The van der Waals surface area contributed by atoms with Crippen LogP contribution in [-0.4, -0.2) is 5.56 Å². The molecule has 1 unspecified atom stereocenters. The van der Waals surface area contributed by atoms with Crippen LogP contribution in [0.15, 0.2) is 30.3 Å². The Morgan fingerprint density at radius 1 is 1.17 bits per heavy atom. The predicted molar refractivity (Wildman–Crippen MR) is 51.7 cm³/mol. The van der Waals surface area contributed by atoms with Crippen molar-refractivity contribution in [3.63, 3.8) is 0 Å². The number of para-hydroxylation sites is 1. The second-order valence-electron chi connectivity index (χ2n) is 2.04.